The van der Waals surface area contributed by atoms with Crippen LogP contribution in [0.3, 0.4) is 0 Å². The zero-order valence-electron chi connectivity index (χ0n) is 7.34. The average Bonchev–Trinajstić information content (AvgIpc) is 2.06. The molecule has 1 saturated heterocycles. The van der Waals surface area contributed by atoms with E-state index >= 15 is 0 Å². The molecule has 2 nitrogen and oxygen atoms in total. The van der Waals surface area contributed by atoms with Gasteiger partial charge in [0.1, 0.15) is 0 Å². The highest BCUT2D eigenvalue weighted by atomic mass is 16.3. The second-order valence-corrected chi connectivity index (χ2v) is 3.43. The van der Waals surface area contributed by atoms with Crippen molar-refractivity contribution in [3.8, 4) is 0 Å². The third-order valence-corrected chi connectivity index (χ3v) is 2.56. The van der Waals surface area contributed by atoms with Gasteiger partial charge in [0.2, 0.25) is 0 Å². The van der Waals surface area contributed by atoms with Gasteiger partial charge in [0.05, 0.1) is 0 Å². The highest BCUT2D eigenvalue weighted by molar-refractivity contribution is 4.79. The summed E-state index contributed by atoms with van der Waals surface area (Å²) in [6.45, 7) is 3.70. The van der Waals surface area contributed by atoms with E-state index in [1.54, 1.807) is 0 Å². The van der Waals surface area contributed by atoms with Gasteiger partial charge in [-0.1, -0.05) is 13.3 Å². The fraction of sp³-hybridized carbons (Fsp3) is 1.00. The zero-order valence-corrected chi connectivity index (χ0v) is 7.34. The van der Waals surface area contributed by atoms with Crippen LogP contribution in [0.5, 0.6) is 0 Å². The molecule has 2 atom stereocenters. The molecule has 0 aromatic rings. The summed E-state index contributed by atoms with van der Waals surface area (Å²) in [6.07, 6.45) is 4.86. The van der Waals surface area contributed by atoms with Gasteiger partial charge in [-0.25, -0.2) is 0 Å². The summed E-state index contributed by atoms with van der Waals surface area (Å²) in [5.41, 5.74) is 0. The minimum Gasteiger partial charge on any atom is -0.396 e. The first-order valence-corrected chi connectivity index (χ1v) is 4.72. The van der Waals surface area contributed by atoms with E-state index in [0.29, 0.717) is 18.6 Å². The molecule has 1 heterocycles. The van der Waals surface area contributed by atoms with Crippen LogP contribution < -0.4 is 5.32 Å². The maximum Gasteiger partial charge on any atom is 0.0474 e. The van der Waals surface area contributed by atoms with Crippen molar-refractivity contribution in [2.24, 2.45) is 5.92 Å². The summed E-state index contributed by atoms with van der Waals surface area (Å²) >= 11 is 0. The molecule has 0 amide bonds. The Kier molecular flexibility index (Phi) is 3.87. The first-order valence-electron chi connectivity index (χ1n) is 4.72. The normalized spacial score (nSPS) is 32.2. The number of hydrogen-bond donors (Lipinski definition) is 2. The molecule has 0 radical (unpaired) electrons. The minimum atomic E-state index is 0.359. The molecule has 11 heavy (non-hydrogen) atoms. The van der Waals surface area contributed by atoms with Gasteiger partial charge in [-0.3, -0.25) is 0 Å². The van der Waals surface area contributed by atoms with Crippen molar-refractivity contribution in [1.29, 1.82) is 0 Å². The molecule has 0 saturated carbocycles. The zero-order chi connectivity index (χ0) is 8.10. The standard InChI is InChI=1S/C9H19NO/c1-2-4-9-8(7-11)5-3-6-10-9/h8-11H,2-7H2,1H3. The topological polar surface area (TPSA) is 32.3 Å². The van der Waals surface area contributed by atoms with Crippen LogP contribution in [0.2, 0.25) is 0 Å². The summed E-state index contributed by atoms with van der Waals surface area (Å²) in [5.74, 6) is 0.517. The highest BCUT2D eigenvalue weighted by Gasteiger charge is 2.22. The molecule has 2 heteroatoms. The van der Waals surface area contributed by atoms with E-state index in [1.807, 2.05) is 0 Å². The summed E-state index contributed by atoms with van der Waals surface area (Å²) in [5, 5.41) is 12.5. The van der Waals surface area contributed by atoms with E-state index in [-0.39, 0.29) is 0 Å². The number of piperidine rings is 1. The number of aliphatic hydroxyl groups is 1. The van der Waals surface area contributed by atoms with Gasteiger partial charge in [0.15, 0.2) is 0 Å². The van der Waals surface area contributed by atoms with E-state index in [9.17, 15) is 0 Å². The molecule has 1 aliphatic rings. The van der Waals surface area contributed by atoms with Gasteiger partial charge in [-0.2, -0.15) is 0 Å². The maximum absolute atomic E-state index is 9.05. The predicted octanol–water partition coefficient (Wildman–Crippen LogP) is 1.15. The lowest BCUT2D eigenvalue weighted by molar-refractivity contribution is 0.154. The maximum atomic E-state index is 9.05. The van der Waals surface area contributed by atoms with E-state index in [0.717, 1.165) is 6.54 Å². The smallest absolute Gasteiger partial charge is 0.0474 e. The average molecular weight is 157 g/mol. The lowest BCUT2D eigenvalue weighted by atomic mass is 9.89. The largest absolute Gasteiger partial charge is 0.396 e. The van der Waals surface area contributed by atoms with Crippen LogP contribution in [-0.4, -0.2) is 24.3 Å². The lowest BCUT2D eigenvalue weighted by Gasteiger charge is -2.31. The number of nitrogens with one attached hydrogen (secondary N) is 1. The molecule has 66 valence electrons. The van der Waals surface area contributed by atoms with E-state index in [1.165, 1.54) is 25.7 Å². The van der Waals surface area contributed by atoms with Crippen molar-refractivity contribution in [3.63, 3.8) is 0 Å². The second kappa shape index (κ2) is 4.73. The Morgan fingerprint density at radius 2 is 2.36 bits per heavy atom. The summed E-state index contributed by atoms with van der Waals surface area (Å²) < 4.78 is 0. The van der Waals surface area contributed by atoms with Crippen molar-refractivity contribution < 1.29 is 5.11 Å². The second-order valence-electron chi connectivity index (χ2n) is 3.43. The quantitative estimate of drug-likeness (QED) is 0.644. The van der Waals surface area contributed by atoms with Crippen molar-refractivity contribution in [2.75, 3.05) is 13.2 Å². The number of hydrogen-bond acceptors (Lipinski definition) is 2. The van der Waals surface area contributed by atoms with Gasteiger partial charge in [0.25, 0.3) is 0 Å². The van der Waals surface area contributed by atoms with Crippen molar-refractivity contribution >= 4 is 0 Å². The molecule has 1 fully saturated rings. The van der Waals surface area contributed by atoms with Crippen molar-refractivity contribution in [3.05, 3.63) is 0 Å². The van der Waals surface area contributed by atoms with Crippen molar-refractivity contribution in [2.45, 2.75) is 38.6 Å². The minimum absolute atomic E-state index is 0.359. The summed E-state index contributed by atoms with van der Waals surface area (Å²) in [6, 6.07) is 0.582. The molecule has 0 aromatic heterocycles. The van der Waals surface area contributed by atoms with Gasteiger partial charge in [-0.05, 0) is 31.7 Å². The Hall–Kier alpha value is -0.0800. The number of rotatable bonds is 3. The Bertz CT molecular complexity index is 104. The third-order valence-electron chi connectivity index (χ3n) is 2.56. The van der Waals surface area contributed by atoms with Crippen LogP contribution >= 0.6 is 0 Å². The van der Waals surface area contributed by atoms with Crippen LogP contribution in [0.25, 0.3) is 0 Å². The van der Waals surface area contributed by atoms with E-state index < -0.39 is 0 Å². The molecular formula is C9H19NO. The van der Waals surface area contributed by atoms with E-state index in [2.05, 4.69) is 12.2 Å². The Labute approximate surface area is 69.0 Å². The molecule has 0 spiro atoms. The highest BCUT2D eigenvalue weighted by Crippen LogP contribution is 2.18. The molecule has 1 aliphatic heterocycles. The van der Waals surface area contributed by atoms with Crippen LogP contribution in [-0.2, 0) is 0 Å². The Morgan fingerprint density at radius 3 is 3.00 bits per heavy atom. The van der Waals surface area contributed by atoms with Crippen molar-refractivity contribution in [1.82, 2.24) is 5.32 Å². The van der Waals surface area contributed by atoms with Gasteiger partial charge in [-0.15, -0.1) is 0 Å². The van der Waals surface area contributed by atoms with Crippen LogP contribution in [0.1, 0.15) is 32.6 Å². The monoisotopic (exact) mass is 157 g/mol. The SMILES string of the molecule is CCCC1NCCCC1CO. The van der Waals surface area contributed by atoms with Gasteiger partial charge < -0.3 is 10.4 Å². The van der Waals surface area contributed by atoms with Crippen LogP contribution in [0, 0.1) is 5.92 Å². The number of aliphatic hydroxyl groups excluding tert-OH is 1. The fourth-order valence-electron chi connectivity index (χ4n) is 1.89. The Morgan fingerprint density at radius 1 is 1.55 bits per heavy atom. The molecular weight excluding hydrogens is 138 g/mol. The van der Waals surface area contributed by atoms with Crippen LogP contribution in [0.15, 0.2) is 0 Å². The lowest BCUT2D eigenvalue weighted by Crippen LogP contribution is -2.42. The molecule has 1 rings (SSSR count). The first kappa shape index (κ1) is 9.01. The predicted molar refractivity (Wildman–Crippen MR) is 46.5 cm³/mol. The van der Waals surface area contributed by atoms with Gasteiger partial charge >= 0.3 is 0 Å². The molecule has 0 aliphatic carbocycles. The van der Waals surface area contributed by atoms with Gasteiger partial charge in [0, 0.05) is 12.6 Å². The molecule has 2 N–H and O–H groups in total. The molecule has 2 unspecified atom stereocenters. The summed E-state index contributed by atoms with van der Waals surface area (Å²) in [7, 11) is 0. The third kappa shape index (κ3) is 2.46. The van der Waals surface area contributed by atoms with E-state index in [4.69, 9.17) is 5.11 Å². The summed E-state index contributed by atoms with van der Waals surface area (Å²) in [4.78, 5) is 0. The van der Waals surface area contributed by atoms with Crippen LogP contribution in [0.4, 0.5) is 0 Å². The molecule has 0 aromatic carbocycles. The molecule has 0 bridgehead atoms. The Balaban J connectivity index is 2.31. The fourth-order valence-corrected chi connectivity index (χ4v) is 1.89. The first-order chi connectivity index (χ1) is 5.38.